The lowest BCUT2D eigenvalue weighted by Crippen LogP contribution is -3.00. The van der Waals surface area contributed by atoms with Crippen LogP contribution in [0.1, 0.15) is 0 Å². The van der Waals surface area contributed by atoms with Crippen LogP contribution in [0.3, 0.4) is 0 Å². The number of rotatable bonds is 4. The van der Waals surface area contributed by atoms with E-state index in [1.165, 1.54) is 0 Å². The molecule has 0 rings (SSSR count). The molecule has 0 unspecified atom stereocenters. The minimum absolute atomic E-state index is 0. The molecule has 0 fully saturated rings. The van der Waals surface area contributed by atoms with E-state index in [1.807, 2.05) is 21.1 Å². The van der Waals surface area contributed by atoms with Gasteiger partial charge in [0.1, 0.15) is 19.0 Å². The molecule has 0 spiro atoms. The number of carbonyl (C=O) groups excluding carboxylic acids is 1. The molecule has 5 heteroatoms. The number of hydrogen-bond acceptors (Lipinski definition) is 2. The van der Waals surface area contributed by atoms with Crippen LogP contribution in [0.25, 0.3) is 0 Å². The Labute approximate surface area is 95.6 Å². The van der Waals surface area contributed by atoms with Crippen molar-refractivity contribution >= 4 is 17.6 Å². The van der Waals surface area contributed by atoms with Crippen molar-refractivity contribution < 1.29 is 38.0 Å². The van der Waals surface area contributed by atoms with Crippen LogP contribution in [0.5, 0.6) is 0 Å². The predicted molar refractivity (Wildman–Crippen MR) is 44.6 cm³/mol. The van der Waals surface area contributed by atoms with Crippen molar-refractivity contribution in [1.82, 2.24) is 0 Å². The van der Waals surface area contributed by atoms with Gasteiger partial charge in [0.2, 0.25) is 0 Å². The summed E-state index contributed by atoms with van der Waals surface area (Å²) in [6.07, 6.45) is 0. The fourth-order valence-corrected chi connectivity index (χ4v) is 0.549. The van der Waals surface area contributed by atoms with Gasteiger partial charge in [0.05, 0.1) is 21.1 Å². The molecule has 0 saturated heterocycles. The molecule has 74 valence electrons. The van der Waals surface area contributed by atoms with Crippen molar-refractivity contribution in [1.29, 1.82) is 0 Å². The zero-order valence-electron chi connectivity index (χ0n) is 7.64. The number of alkyl halides is 1. The molecular weight excluding hydrogens is 292 g/mol. The molecular formula is C7H15ClINO2. The van der Waals surface area contributed by atoms with E-state index in [-0.39, 0.29) is 35.8 Å². The lowest BCUT2D eigenvalue weighted by Gasteiger charge is -2.23. The van der Waals surface area contributed by atoms with Crippen LogP contribution in [0.15, 0.2) is 0 Å². The highest BCUT2D eigenvalue weighted by Crippen LogP contribution is 1.90. The Hall–Kier alpha value is 0.450. The van der Waals surface area contributed by atoms with Crippen LogP contribution < -0.4 is 24.0 Å². The van der Waals surface area contributed by atoms with E-state index in [0.29, 0.717) is 6.61 Å². The predicted octanol–water partition coefficient (Wildman–Crippen LogP) is -2.52. The summed E-state index contributed by atoms with van der Waals surface area (Å²) in [5.74, 6) is -0.406. The van der Waals surface area contributed by atoms with Crippen molar-refractivity contribution in [3.8, 4) is 0 Å². The van der Waals surface area contributed by atoms with Gasteiger partial charge in [-0.2, -0.15) is 0 Å². The van der Waals surface area contributed by atoms with Crippen LogP contribution >= 0.6 is 11.6 Å². The summed E-state index contributed by atoms with van der Waals surface area (Å²) >= 11 is 5.22. The fourth-order valence-electron chi connectivity index (χ4n) is 0.472. The standard InChI is InChI=1S/C7H15ClNO2.HI/c1-9(2,3)4-5-11-7(10)6-8;/h4-6H2,1-3H3;1H/q+1;/p-1. The average Bonchev–Trinajstić information content (AvgIpc) is 1.85. The monoisotopic (exact) mass is 307 g/mol. The van der Waals surface area contributed by atoms with Crippen LogP contribution in [0.4, 0.5) is 0 Å². The highest BCUT2D eigenvalue weighted by atomic mass is 127. The Morgan fingerprint density at radius 3 is 2.25 bits per heavy atom. The average molecular weight is 308 g/mol. The van der Waals surface area contributed by atoms with Crippen LogP contribution in [-0.4, -0.2) is 50.6 Å². The summed E-state index contributed by atoms with van der Waals surface area (Å²) in [5, 5.41) is 0. The maximum absolute atomic E-state index is 10.5. The lowest BCUT2D eigenvalue weighted by atomic mass is 10.5. The zero-order valence-corrected chi connectivity index (χ0v) is 10.6. The minimum Gasteiger partial charge on any atom is -1.00 e. The summed E-state index contributed by atoms with van der Waals surface area (Å²) in [7, 11) is 6.11. The molecule has 0 N–H and O–H groups in total. The molecule has 0 aliphatic heterocycles. The Morgan fingerprint density at radius 1 is 1.42 bits per heavy atom. The van der Waals surface area contributed by atoms with Crippen molar-refractivity contribution in [3.05, 3.63) is 0 Å². The van der Waals surface area contributed by atoms with Gasteiger partial charge < -0.3 is 33.2 Å². The van der Waals surface area contributed by atoms with E-state index >= 15 is 0 Å². The molecule has 0 radical (unpaired) electrons. The largest absolute Gasteiger partial charge is 1.00 e. The summed E-state index contributed by atoms with van der Waals surface area (Å²) in [6, 6.07) is 0. The highest BCUT2D eigenvalue weighted by Gasteiger charge is 2.07. The fraction of sp³-hybridized carbons (Fsp3) is 0.857. The Balaban J connectivity index is 0. The third kappa shape index (κ3) is 10.4. The number of likely N-dealkylation sites (N-methyl/N-ethyl adjacent to an activating group) is 1. The molecule has 0 saturated carbocycles. The number of halogens is 2. The molecule has 12 heavy (non-hydrogen) atoms. The van der Waals surface area contributed by atoms with E-state index in [1.54, 1.807) is 0 Å². The third-order valence-corrected chi connectivity index (χ3v) is 1.35. The van der Waals surface area contributed by atoms with Gasteiger partial charge in [0, 0.05) is 0 Å². The third-order valence-electron chi connectivity index (χ3n) is 1.13. The van der Waals surface area contributed by atoms with Crippen molar-refractivity contribution in [2.45, 2.75) is 0 Å². The molecule has 0 aliphatic carbocycles. The lowest BCUT2D eigenvalue weighted by molar-refractivity contribution is -0.870. The molecule has 0 aromatic heterocycles. The van der Waals surface area contributed by atoms with Crippen molar-refractivity contribution in [2.75, 3.05) is 40.2 Å². The van der Waals surface area contributed by atoms with Crippen LogP contribution in [0.2, 0.25) is 0 Å². The number of quaternary nitrogens is 1. The maximum atomic E-state index is 10.5. The molecule has 0 bridgehead atoms. The first-order valence-corrected chi connectivity index (χ1v) is 4.01. The molecule has 0 aromatic rings. The molecule has 0 amide bonds. The Kier molecular flexibility index (Phi) is 8.61. The number of hydrogen-bond donors (Lipinski definition) is 0. The second-order valence-electron chi connectivity index (χ2n) is 3.37. The van der Waals surface area contributed by atoms with Gasteiger partial charge in [-0.3, -0.25) is 4.79 Å². The second-order valence-corrected chi connectivity index (χ2v) is 3.64. The van der Waals surface area contributed by atoms with E-state index in [9.17, 15) is 4.79 Å². The molecule has 0 aromatic carbocycles. The van der Waals surface area contributed by atoms with Crippen molar-refractivity contribution in [3.63, 3.8) is 0 Å². The summed E-state index contributed by atoms with van der Waals surface area (Å²) < 4.78 is 5.57. The van der Waals surface area contributed by atoms with Gasteiger partial charge in [-0.25, -0.2) is 0 Å². The molecule has 0 heterocycles. The van der Waals surface area contributed by atoms with Gasteiger partial charge in [-0.15, -0.1) is 11.6 Å². The van der Waals surface area contributed by atoms with Gasteiger partial charge in [-0.05, 0) is 0 Å². The smallest absolute Gasteiger partial charge is 0.321 e. The van der Waals surface area contributed by atoms with Gasteiger partial charge >= 0.3 is 5.97 Å². The molecule has 0 aliphatic rings. The number of nitrogens with zero attached hydrogens (tertiary/aromatic N) is 1. The molecule has 0 atom stereocenters. The van der Waals surface area contributed by atoms with Gasteiger partial charge in [0.25, 0.3) is 0 Å². The maximum Gasteiger partial charge on any atom is 0.321 e. The summed E-state index contributed by atoms with van der Waals surface area (Å²) in [4.78, 5) is 10.5. The van der Waals surface area contributed by atoms with Crippen molar-refractivity contribution in [2.24, 2.45) is 0 Å². The normalized spacial score (nSPS) is 10.3. The van der Waals surface area contributed by atoms with E-state index in [4.69, 9.17) is 16.3 Å². The second kappa shape index (κ2) is 6.91. The van der Waals surface area contributed by atoms with Crippen LogP contribution in [0, 0.1) is 0 Å². The summed E-state index contributed by atoms with van der Waals surface area (Å²) in [5.41, 5.74) is 0. The first-order chi connectivity index (χ1) is 4.95. The van der Waals surface area contributed by atoms with Crippen LogP contribution in [-0.2, 0) is 9.53 Å². The SMILES string of the molecule is C[N+](C)(C)CCOC(=O)CCl.[I-]. The topological polar surface area (TPSA) is 26.3 Å². The first kappa shape index (κ1) is 14.9. The van der Waals surface area contributed by atoms with E-state index < -0.39 is 0 Å². The van der Waals surface area contributed by atoms with E-state index in [2.05, 4.69) is 0 Å². The zero-order chi connectivity index (χ0) is 8.91. The highest BCUT2D eigenvalue weighted by molar-refractivity contribution is 6.26. The first-order valence-electron chi connectivity index (χ1n) is 3.48. The van der Waals surface area contributed by atoms with E-state index in [0.717, 1.165) is 11.0 Å². The number of ether oxygens (including phenoxy) is 1. The van der Waals surface area contributed by atoms with Gasteiger partial charge in [-0.1, -0.05) is 0 Å². The summed E-state index contributed by atoms with van der Waals surface area (Å²) in [6.45, 7) is 1.25. The Morgan fingerprint density at radius 2 is 1.92 bits per heavy atom. The Bertz CT molecular complexity index is 136. The minimum atomic E-state index is -0.347. The molecule has 3 nitrogen and oxygen atoms in total. The number of carbonyl (C=O) groups is 1. The van der Waals surface area contributed by atoms with Gasteiger partial charge in [0.15, 0.2) is 0 Å². The number of esters is 1. The quantitative estimate of drug-likeness (QED) is 0.248.